The van der Waals surface area contributed by atoms with Gasteiger partial charge in [0.25, 0.3) is 0 Å². The molecule has 1 rings (SSSR count). The molecule has 0 heterocycles. The molecular weight excluding hydrogens is 148 g/mol. The van der Waals surface area contributed by atoms with Gasteiger partial charge in [-0.3, -0.25) is 0 Å². The fourth-order valence-electron chi connectivity index (χ4n) is 1.17. The van der Waals surface area contributed by atoms with Crippen molar-refractivity contribution in [1.82, 2.24) is 0 Å². The zero-order valence-electron chi connectivity index (χ0n) is 5.89. The van der Waals surface area contributed by atoms with Crippen LogP contribution < -0.4 is 0 Å². The van der Waals surface area contributed by atoms with Crippen LogP contribution in [0.25, 0.3) is 0 Å². The highest BCUT2D eigenvalue weighted by Crippen LogP contribution is 2.32. The molecule has 1 N–H and O–H groups in total. The number of carboxylic acids is 1. The number of thioether (sulfide) groups is 1. The van der Waals surface area contributed by atoms with Crippen LogP contribution in [-0.4, -0.2) is 17.3 Å². The molecule has 0 atom stereocenters. The summed E-state index contributed by atoms with van der Waals surface area (Å²) in [6.45, 7) is 0. The molecule has 0 fully saturated rings. The lowest BCUT2D eigenvalue weighted by atomic mass is 10.2. The second-order valence-electron chi connectivity index (χ2n) is 2.26. The molecule has 10 heavy (non-hydrogen) atoms. The van der Waals surface area contributed by atoms with Crippen molar-refractivity contribution in [2.45, 2.75) is 19.3 Å². The van der Waals surface area contributed by atoms with Crippen LogP contribution in [0.4, 0.5) is 0 Å². The molecule has 0 unspecified atom stereocenters. The van der Waals surface area contributed by atoms with Gasteiger partial charge in [0.1, 0.15) is 0 Å². The summed E-state index contributed by atoms with van der Waals surface area (Å²) in [4.78, 5) is 11.6. The Labute approximate surface area is 64.3 Å². The van der Waals surface area contributed by atoms with Gasteiger partial charge < -0.3 is 5.11 Å². The van der Waals surface area contributed by atoms with Crippen LogP contribution in [0.5, 0.6) is 0 Å². The first kappa shape index (κ1) is 7.66. The Bertz CT molecular complexity index is 184. The van der Waals surface area contributed by atoms with Gasteiger partial charge >= 0.3 is 5.97 Å². The molecule has 56 valence electrons. The van der Waals surface area contributed by atoms with E-state index in [2.05, 4.69) is 0 Å². The average Bonchev–Trinajstić information content (AvgIpc) is 2.33. The van der Waals surface area contributed by atoms with E-state index in [0.717, 1.165) is 24.2 Å². The Morgan fingerprint density at radius 1 is 1.60 bits per heavy atom. The molecule has 2 nitrogen and oxygen atoms in total. The SMILES string of the molecule is CSC1=C(C(=O)O)CCC1. The lowest BCUT2D eigenvalue weighted by Gasteiger charge is -1.96. The quantitative estimate of drug-likeness (QED) is 0.666. The third-order valence-electron chi connectivity index (χ3n) is 1.67. The number of allylic oxidation sites excluding steroid dienone is 1. The van der Waals surface area contributed by atoms with E-state index in [0.29, 0.717) is 5.57 Å². The first-order chi connectivity index (χ1) is 4.75. The minimum Gasteiger partial charge on any atom is -0.478 e. The molecule has 0 aromatic heterocycles. The summed E-state index contributed by atoms with van der Waals surface area (Å²) >= 11 is 1.57. The maximum absolute atomic E-state index is 10.5. The molecular formula is C7H10O2S. The summed E-state index contributed by atoms with van der Waals surface area (Å²) in [6, 6.07) is 0. The Balaban J connectivity index is 2.78. The van der Waals surface area contributed by atoms with E-state index in [1.807, 2.05) is 6.26 Å². The summed E-state index contributed by atoms with van der Waals surface area (Å²) in [5.74, 6) is -0.734. The van der Waals surface area contributed by atoms with Gasteiger partial charge in [0.05, 0.1) is 0 Å². The van der Waals surface area contributed by atoms with E-state index in [1.54, 1.807) is 11.8 Å². The number of carboxylic acid groups (broad SMARTS) is 1. The topological polar surface area (TPSA) is 37.3 Å². The molecule has 0 saturated heterocycles. The third-order valence-corrected chi connectivity index (χ3v) is 2.62. The summed E-state index contributed by atoms with van der Waals surface area (Å²) in [6.07, 6.45) is 4.66. The Morgan fingerprint density at radius 2 is 2.30 bits per heavy atom. The van der Waals surface area contributed by atoms with Crippen molar-refractivity contribution in [3.05, 3.63) is 10.5 Å². The summed E-state index contributed by atoms with van der Waals surface area (Å²) in [5.41, 5.74) is 0.632. The van der Waals surface area contributed by atoms with Gasteiger partial charge in [-0.25, -0.2) is 4.79 Å². The summed E-state index contributed by atoms with van der Waals surface area (Å²) in [5, 5.41) is 8.64. The normalized spacial score (nSPS) is 18.1. The van der Waals surface area contributed by atoms with Crippen LogP contribution in [0.2, 0.25) is 0 Å². The molecule has 0 radical (unpaired) electrons. The monoisotopic (exact) mass is 158 g/mol. The maximum Gasteiger partial charge on any atom is 0.332 e. The molecule has 1 aliphatic rings. The molecule has 0 aromatic carbocycles. The number of rotatable bonds is 2. The summed E-state index contributed by atoms with van der Waals surface area (Å²) < 4.78 is 0. The van der Waals surface area contributed by atoms with Crippen LogP contribution >= 0.6 is 11.8 Å². The minimum atomic E-state index is -0.734. The fraction of sp³-hybridized carbons (Fsp3) is 0.571. The zero-order valence-corrected chi connectivity index (χ0v) is 6.70. The fourth-order valence-corrected chi connectivity index (χ4v) is 1.95. The van der Waals surface area contributed by atoms with Crippen molar-refractivity contribution in [1.29, 1.82) is 0 Å². The van der Waals surface area contributed by atoms with E-state index in [4.69, 9.17) is 5.11 Å². The predicted molar refractivity (Wildman–Crippen MR) is 42.0 cm³/mol. The molecule has 0 aromatic rings. The van der Waals surface area contributed by atoms with E-state index >= 15 is 0 Å². The molecule has 0 bridgehead atoms. The van der Waals surface area contributed by atoms with E-state index in [9.17, 15) is 4.79 Å². The van der Waals surface area contributed by atoms with Gasteiger partial charge in [-0.15, -0.1) is 11.8 Å². The molecule has 3 heteroatoms. The van der Waals surface area contributed by atoms with E-state index in [-0.39, 0.29) is 0 Å². The van der Waals surface area contributed by atoms with Crippen LogP contribution in [0, 0.1) is 0 Å². The molecule has 0 amide bonds. The molecule has 0 aliphatic heterocycles. The highest BCUT2D eigenvalue weighted by molar-refractivity contribution is 8.02. The Hall–Kier alpha value is -0.440. The smallest absolute Gasteiger partial charge is 0.332 e. The van der Waals surface area contributed by atoms with Gasteiger partial charge in [0.15, 0.2) is 0 Å². The van der Waals surface area contributed by atoms with Crippen molar-refractivity contribution < 1.29 is 9.90 Å². The molecule has 1 aliphatic carbocycles. The second-order valence-corrected chi connectivity index (χ2v) is 3.17. The predicted octanol–water partition coefficient (Wildman–Crippen LogP) is 1.87. The maximum atomic E-state index is 10.5. The number of hydrogen-bond acceptors (Lipinski definition) is 2. The average molecular weight is 158 g/mol. The third kappa shape index (κ3) is 1.34. The number of carbonyl (C=O) groups is 1. The Kier molecular flexibility index (Phi) is 2.38. The highest BCUT2D eigenvalue weighted by atomic mass is 32.2. The standard InChI is InChI=1S/C7H10O2S/c1-10-6-4-2-3-5(6)7(8)9/h2-4H2,1H3,(H,8,9). The van der Waals surface area contributed by atoms with Crippen LogP contribution in [0.1, 0.15) is 19.3 Å². The summed E-state index contributed by atoms with van der Waals surface area (Å²) in [7, 11) is 0. The van der Waals surface area contributed by atoms with E-state index in [1.165, 1.54) is 0 Å². The van der Waals surface area contributed by atoms with Crippen molar-refractivity contribution >= 4 is 17.7 Å². The van der Waals surface area contributed by atoms with E-state index < -0.39 is 5.97 Å². The molecule has 0 saturated carbocycles. The van der Waals surface area contributed by atoms with Crippen LogP contribution in [0.3, 0.4) is 0 Å². The Morgan fingerprint density at radius 3 is 2.70 bits per heavy atom. The van der Waals surface area contributed by atoms with Gasteiger partial charge in [0, 0.05) is 5.57 Å². The minimum absolute atomic E-state index is 0.632. The van der Waals surface area contributed by atoms with Crippen molar-refractivity contribution in [3.8, 4) is 0 Å². The van der Waals surface area contributed by atoms with Gasteiger partial charge in [-0.1, -0.05) is 0 Å². The molecule has 0 spiro atoms. The van der Waals surface area contributed by atoms with Crippen molar-refractivity contribution in [3.63, 3.8) is 0 Å². The lowest BCUT2D eigenvalue weighted by Crippen LogP contribution is -1.98. The van der Waals surface area contributed by atoms with Crippen LogP contribution in [0.15, 0.2) is 10.5 Å². The van der Waals surface area contributed by atoms with Crippen molar-refractivity contribution in [2.24, 2.45) is 0 Å². The van der Waals surface area contributed by atoms with Crippen LogP contribution in [-0.2, 0) is 4.79 Å². The second kappa shape index (κ2) is 3.10. The number of aliphatic carboxylic acids is 1. The van der Waals surface area contributed by atoms with Gasteiger partial charge in [-0.2, -0.15) is 0 Å². The highest BCUT2D eigenvalue weighted by Gasteiger charge is 2.18. The largest absolute Gasteiger partial charge is 0.478 e. The number of hydrogen-bond donors (Lipinski definition) is 1. The first-order valence-electron chi connectivity index (χ1n) is 3.25. The first-order valence-corrected chi connectivity index (χ1v) is 4.47. The lowest BCUT2D eigenvalue weighted by molar-refractivity contribution is -0.132. The van der Waals surface area contributed by atoms with Gasteiger partial charge in [0.2, 0.25) is 0 Å². The zero-order chi connectivity index (χ0) is 7.56. The van der Waals surface area contributed by atoms with Crippen molar-refractivity contribution in [2.75, 3.05) is 6.26 Å². The van der Waals surface area contributed by atoms with Gasteiger partial charge in [-0.05, 0) is 30.4 Å².